The molecule has 0 unspecified atom stereocenters. The highest BCUT2D eigenvalue weighted by molar-refractivity contribution is 5.81. The first kappa shape index (κ1) is 16.8. The first-order valence-electron chi connectivity index (χ1n) is 8.18. The van der Waals surface area contributed by atoms with E-state index in [1.807, 2.05) is 4.90 Å². The standard InChI is InChI=1S/C17H21F2N3O2/c18-12-3-4-14(19)13(8-12)17(5-6-17)21-16(24)11-2-1-7-22(9-11)10-15(20)23/h3-4,8,11H,1-2,5-7,9-10H2,(H2,20,23)(H,21,24)/t11-/m1/s1. The van der Waals surface area contributed by atoms with Crippen LogP contribution in [-0.4, -0.2) is 36.3 Å². The predicted octanol–water partition coefficient (Wildman–Crippen LogP) is 1.27. The van der Waals surface area contributed by atoms with Crippen LogP contribution in [-0.2, 0) is 15.1 Å². The maximum Gasteiger partial charge on any atom is 0.231 e. The summed E-state index contributed by atoms with van der Waals surface area (Å²) in [6, 6.07) is 3.31. The SMILES string of the molecule is NC(=O)CN1CCC[C@@H](C(=O)NC2(c3cc(F)ccc3F)CC2)C1. The van der Waals surface area contributed by atoms with E-state index in [0.717, 1.165) is 31.2 Å². The molecule has 7 heteroatoms. The van der Waals surface area contributed by atoms with Gasteiger partial charge in [-0.05, 0) is 50.4 Å². The fourth-order valence-electron chi connectivity index (χ4n) is 3.42. The molecular weight excluding hydrogens is 316 g/mol. The number of piperidine rings is 1. The van der Waals surface area contributed by atoms with Gasteiger partial charge in [0.2, 0.25) is 11.8 Å². The Balaban J connectivity index is 1.68. The Hall–Kier alpha value is -2.02. The molecule has 0 radical (unpaired) electrons. The summed E-state index contributed by atoms with van der Waals surface area (Å²) in [7, 11) is 0. The summed E-state index contributed by atoms with van der Waals surface area (Å²) in [5, 5.41) is 2.91. The van der Waals surface area contributed by atoms with E-state index in [1.54, 1.807) is 0 Å². The number of likely N-dealkylation sites (tertiary alicyclic amines) is 1. The summed E-state index contributed by atoms with van der Waals surface area (Å²) < 4.78 is 27.5. The van der Waals surface area contributed by atoms with Crippen molar-refractivity contribution in [3.05, 3.63) is 35.4 Å². The van der Waals surface area contributed by atoms with E-state index in [2.05, 4.69) is 5.32 Å². The lowest BCUT2D eigenvalue weighted by molar-refractivity contribution is -0.129. The van der Waals surface area contributed by atoms with E-state index in [1.165, 1.54) is 0 Å². The molecule has 2 aliphatic rings. The summed E-state index contributed by atoms with van der Waals surface area (Å²) in [6.07, 6.45) is 2.70. The van der Waals surface area contributed by atoms with Crippen molar-refractivity contribution in [3.8, 4) is 0 Å². The van der Waals surface area contributed by atoms with Crippen molar-refractivity contribution < 1.29 is 18.4 Å². The largest absolute Gasteiger partial charge is 0.369 e. The molecule has 2 fully saturated rings. The molecule has 1 aliphatic carbocycles. The van der Waals surface area contributed by atoms with Crippen molar-refractivity contribution >= 4 is 11.8 Å². The summed E-state index contributed by atoms with van der Waals surface area (Å²) >= 11 is 0. The van der Waals surface area contributed by atoms with E-state index in [0.29, 0.717) is 25.8 Å². The van der Waals surface area contributed by atoms with Crippen LogP contribution in [0.15, 0.2) is 18.2 Å². The topological polar surface area (TPSA) is 75.4 Å². The van der Waals surface area contributed by atoms with Gasteiger partial charge in [-0.2, -0.15) is 0 Å². The number of carbonyl (C=O) groups is 2. The second kappa shape index (κ2) is 6.47. The number of rotatable bonds is 5. The van der Waals surface area contributed by atoms with Crippen molar-refractivity contribution in [2.45, 2.75) is 31.2 Å². The monoisotopic (exact) mass is 337 g/mol. The fraction of sp³-hybridized carbons (Fsp3) is 0.529. The van der Waals surface area contributed by atoms with Gasteiger partial charge in [-0.1, -0.05) is 0 Å². The van der Waals surface area contributed by atoms with Gasteiger partial charge < -0.3 is 11.1 Å². The van der Waals surface area contributed by atoms with Gasteiger partial charge in [0.05, 0.1) is 18.0 Å². The van der Waals surface area contributed by atoms with Gasteiger partial charge in [0, 0.05) is 12.1 Å². The van der Waals surface area contributed by atoms with Crippen LogP contribution in [0.1, 0.15) is 31.2 Å². The average Bonchev–Trinajstić information content (AvgIpc) is 3.30. The van der Waals surface area contributed by atoms with Crippen LogP contribution in [0.3, 0.4) is 0 Å². The second-order valence-electron chi connectivity index (χ2n) is 6.74. The molecule has 130 valence electrons. The summed E-state index contributed by atoms with van der Waals surface area (Å²) in [6.45, 7) is 1.32. The highest BCUT2D eigenvalue weighted by atomic mass is 19.1. The van der Waals surface area contributed by atoms with E-state index in [4.69, 9.17) is 5.73 Å². The number of nitrogens with zero attached hydrogens (tertiary/aromatic N) is 1. The van der Waals surface area contributed by atoms with Crippen LogP contribution in [0.5, 0.6) is 0 Å². The zero-order valence-corrected chi connectivity index (χ0v) is 13.4. The minimum absolute atomic E-state index is 0.132. The molecule has 1 saturated carbocycles. The predicted molar refractivity (Wildman–Crippen MR) is 83.8 cm³/mol. The third-order valence-corrected chi connectivity index (χ3v) is 4.81. The minimum atomic E-state index is -0.796. The van der Waals surface area contributed by atoms with Crippen molar-refractivity contribution in [2.24, 2.45) is 11.7 Å². The third kappa shape index (κ3) is 3.56. The molecule has 5 nitrogen and oxygen atoms in total. The number of nitrogens with one attached hydrogen (secondary N) is 1. The van der Waals surface area contributed by atoms with Crippen LogP contribution in [0.25, 0.3) is 0 Å². The highest BCUT2D eigenvalue weighted by Gasteiger charge is 2.48. The first-order chi connectivity index (χ1) is 11.4. The Kier molecular flexibility index (Phi) is 4.54. The fourth-order valence-corrected chi connectivity index (χ4v) is 3.42. The van der Waals surface area contributed by atoms with Gasteiger partial charge in [-0.15, -0.1) is 0 Å². The van der Waals surface area contributed by atoms with Crippen LogP contribution < -0.4 is 11.1 Å². The molecule has 1 aliphatic heterocycles. The Morgan fingerprint density at radius 1 is 1.33 bits per heavy atom. The lowest BCUT2D eigenvalue weighted by Gasteiger charge is -2.32. The zero-order chi connectivity index (χ0) is 17.3. The molecule has 0 bridgehead atoms. The molecule has 0 aromatic heterocycles. The number of nitrogens with two attached hydrogens (primary N) is 1. The molecular formula is C17H21F2N3O2. The number of hydrogen-bond donors (Lipinski definition) is 2. The Bertz CT molecular complexity index is 661. The molecule has 1 aromatic carbocycles. The first-order valence-corrected chi connectivity index (χ1v) is 8.18. The number of carbonyl (C=O) groups excluding carboxylic acids is 2. The Morgan fingerprint density at radius 2 is 2.08 bits per heavy atom. The maximum atomic E-state index is 14.0. The van der Waals surface area contributed by atoms with Gasteiger partial charge in [-0.3, -0.25) is 14.5 Å². The van der Waals surface area contributed by atoms with Crippen LogP contribution in [0.2, 0.25) is 0 Å². The van der Waals surface area contributed by atoms with Crippen LogP contribution >= 0.6 is 0 Å². The maximum absolute atomic E-state index is 14.0. The number of amides is 2. The van der Waals surface area contributed by atoms with Gasteiger partial charge in [0.25, 0.3) is 0 Å². The molecule has 1 heterocycles. The van der Waals surface area contributed by atoms with E-state index >= 15 is 0 Å². The molecule has 1 saturated heterocycles. The molecule has 2 amide bonds. The summed E-state index contributed by atoms with van der Waals surface area (Å²) in [5.41, 5.74) is 4.62. The van der Waals surface area contributed by atoms with Gasteiger partial charge >= 0.3 is 0 Å². The molecule has 1 atom stereocenters. The smallest absolute Gasteiger partial charge is 0.231 e. The molecule has 24 heavy (non-hydrogen) atoms. The van der Waals surface area contributed by atoms with Crippen molar-refractivity contribution in [1.29, 1.82) is 0 Å². The van der Waals surface area contributed by atoms with Crippen LogP contribution in [0.4, 0.5) is 8.78 Å². The normalized spacial score (nSPS) is 22.8. The number of primary amides is 1. The second-order valence-corrected chi connectivity index (χ2v) is 6.74. The number of benzene rings is 1. The van der Waals surface area contributed by atoms with Crippen molar-refractivity contribution in [3.63, 3.8) is 0 Å². The number of halogens is 2. The van der Waals surface area contributed by atoms with E-state index in [9.17, 15) is 18.4 Å². The zero-order valence-electron chi connectivity index (χ0n) is 13.4. The van der Waals surface area contributed by atoms with Gasteiger partial charge in [0.1, 0.15) is 11.6 Å². The van der Waals surface area contributed by atoms with E-state index < -0.39 is 23.1 Å². The van der Waals surface area contributed by atoms with E-state index in [-0.39, 0.29) is 23.9 Å². The number of hydrogen-bond acceptors (Lipinski definition) is 3. The third-order valence-electron chi connectivity index (χ3n) is 4.81. The molecule has 1 aromatic rings. The van der Waals surface area contributed by atoms with Crippen molar-refractivity contribution in [2.75, 3.05) is 19.6 Å². The molecule has 3 N–H and O–H groups in total. The minimum Gasteiger partial charge on any atom is -0.369 e. The van der Waals surface area contributed by atoms with Gasteiger partial charge in [0.15, 0.2) is 0 Å². The Morgan fingerprint density at radius 3 is 2.75 bits per heavy atom. The van der Waals surface area contributed by atoms with Gasteiger partial charge in [-0.25, -0.2) is 8.78 Å². The molecule has 3 rings (SSSR count). The lowest BCUT2D eigenvalue weighted by atomic mass is 9.95. The summed E-state index contributed by atoms with van der Waals surface area (Å²) in [4.78, 5) is 25.5. The highest BCUT2D eigenvalue weighted by Crippen LogP contribution is 2.47. The van der Waals surface area contributed by atoms with Crippen LogP contribution in [0, 0.1) is 17.6 Å². The summed E-state index contributed by atoms with van der Waals surface area (Å²) in [5.74, 6) is -1.89. The average molecular weight is 337 g/mol. The molecule has 0 spiro atoms. The Labute approximate surface area is 139 Å². The quantitative estimate of drug-likeness (QED) is 0.850. The lowest BCUT2D eigenvalue weighted by Crippen LogP contribution is -2.48. The van der Waals surface area contributed by atoms with Crippen molar-refractivity contribution in [1.82, 2.24) is 10.2 Å².